The maximum Gasteiger partial charge on any atom is 0.306 e. The molecule has 330 valence electrons. The lowest BCUT2D eigenvalue weighted by Gasteiger charge is -2.18. The van der Waals surface area contributed by atoms with Gasteiger partial charge in [-0.1, -0.05) is 204 Å². The van der Waals surface area contributed by atoms with Crippen molar-refractivity contribution in [3.05, 3.63) is 48.6 Å². The standard InChI is InChI=1S/C51H90O6/c1-4-7-10-13-16-19-21-22-23-24-25-26-27-28-30-32-35-38-41-44-50(53)56-47-48(46-55-49(52)43-40-37-34-31-18-15-12-9-6-3)57-51(54)45-42-39-36-33-29-20-17-14-11-8-5-2/h14,16-17,19-22,29,48H,4-13,15,18,23-28,30-47H2,1-3H3/b17-14-,19-16-,22-21-,29-20-. The van der Waals surface area contributed by atoms with Crippen molar-refractivity contribution in [2.45, 2.75) is 245 Å². The fourth-order valence-corrected chi connectivity index (χ4v) is 6.64. The highest BCUT2D eigenvalue weighted by Gasteiger charge is 2.19. The van der Waals surface area contributed by atoms with Gasteiger partial charge in [0.25, 0.3) is 0 Å². The van der Waals surface area contributed by atoms with Crippen molar-refractivity contribution in [3.63, 3.8) is 0 Å². The first-order valence-electron chi connectivity index (χ1n) is 24.2. The molecule has 57 heavy (non-hydrogen) atoms. The summed E-state index contributed by atoms with van der Waals surface area (Å²) < 4.78 is 16.7. The SMILES string of the molecule is CCCC/C=C\C=C/CCCCCC(=O)OC(COC(=O)CCCCCCCCCCC)COC(=O)CCCCCCCCCCCC/C=C\C=C/CCCCC. The summed E-state index contributed by atoms with van der Waals surface area (Å²) in [5.74, 6) is -0.916. The summed E-state index contributed by atoms with van der Waals surface area (Å²) >= 11 is 0. The van der Waals surface area contributed by atoms with Gasteiger partial charge in [-0.25, -0.2) is 0 Å². The molecule has 0 heterocycles. The Kier molecular flexibility index (Phi) is 43.9. The van der Waals surface area contributed by atoms with Crippen LogP contribution in [0.3, 0.4) is 0 Å². The van der Waals surface area contributed by atoms with Crippen LogP contribution in [0.25, 0.3) is 0 Å². The highest BCUT2D eigenvalue weighted by molar-refractivity contribution is 5.71. The summed E-state index contributed by atoms with van der Waals surface area (Å²) in [5, 5.41) is 0. The van der Waals surface area contributed by atoms with E-state index in [2.05, 4.69) is 69.4 Å². The van der Waals surface area contributed by atoms with Crippen LogP contribution in [0.4, 0.5) is 0 Å². The fraction of sp³-hybridized carbons (Fsp3) is 0.784. The third-order valence-electron chi connectivity index (χ3n) is 10.4. The molecule has 0 saturated heterocycles. The molecule has 0 aliphatic carbocycles. The Morgan fingerprint density at radius 2 is 0.632 bits per heavy atom. The van der Waals surface area contributed by atoms with Crippen LogP contribution in [0.1, 0.15) is 239 Å². The molecule has 0 radical (unpaired) electrons. The predicted octanol–water partition coefficient (Wildman–Crippen LogP) is 15.5. The van der Waals surface area contributed by atoms with Crippen molar-refractivity contribution in [2.75, 3.05) is 13.2 Å². The number of carbonyl (C=O) groups is 3. The van der Waals surface area contributed by atoms with E-state index in [4.69, 9.17) is 14.2 Å². The molecule has 0 N–H and O–H groups in total. The number of unbranched alkanes of at least 4 members (excludes halogenated alkanes) is 26. The summed E-state index contributed by atoms with van der Waals surface area (Å²) in [5.41, 5.74) is 0. The third kappa shape index (κ3) is 44.3. The molecule has 0 aliphatic rings. The second-order valence-electron chi connectivity index (χ2n) is 16.1. The molecule has 6 heteroatoms. The first-order valence-corrected chi connectivity index (χ1v) is 24.2. The Hall–Kier alpha value is -2.63. The summed E-state index contributed by atoms with van der Waals surface area (Å²) in [4.78, 5) is 37.7. The molecule has 0 aromatic carbocycles. The normalized spacial score (nSPS) is 12.4. The zero-order valence-electron chi connectivity index (χ0n) is 37.6. The van der Waals surface area contributed by atoms with Crippen LogP contribution < -0.4 is 0 Å². The van der Waals surface area contributed by atoms with Crippen LogP contribution in [0, 0.1) is 0 Å². The van der Waals surface area contributed by atoms with Crippen molar-refractivity contribution >= 4 is 17.9 Å². The van der Waals surface area contributed by atoms with Crippen molar-refractivity contribution in [1.82, 2.24) is 0 Å². The fourth-order valence-electron chi connectivity index (χ4n) is 6.64. The van der Waals surface area contributed by atoms with Gasteiger partial charge in [0.05, 0.1) is 0 Å². The number of hydrogen-bond acceptors (Lipinski definition) is 6. The number of esters is 3. The summed E-state index contributed by atoms with van der Waals surface area (Å²) in [6.07, 6.45) is 53.8. The molecule has 1 atom stereocenters. The number of allylic oxidation sites excluding steroid dienone is 8. The molecule has 0 aromatic heterocycles. The van der Waals surface area contributed by atoms with Gasteiger partial charge in [0.2, 0.25) is 0 Å². The van der Waals surface area contributed by atoms with Crippen molar-refractivity contribution in [3.8, 4) is 0 Å². The highest BCUT2D eigenvalue weighted by atomic mass is 16.6. The maximum atomic E-state index is 12.7. The van der Waals surface area contributed by atoms with Crippen molar-refractivity contribution in [1.29, 1.82) is 0 Å². The van der Waals surface area contributed by atoms with Crippen LogP contribution in [0.2, 0.25) is 0 Å². The highest BCUT2D eigenvalue weighted by Crippen LogP contribution is 2.14. The number of rotatable bonds is 43. The van der Waals surface area contributed by atoms with Gasteiger partial charge in [0, 0.05) is 19.3 Å². The lowest BCUT2D eigenvalue weighted by Crippen LogP contribution is -2.30. The van der Waals surface area contributed by atoms with Gasteiger partial charge in [-0.2, -0.15) is 0 Å². The maximum absolute atomic E-state index is 12.7. The Labute approximate surface area is 352 Å². The second kappa shape index (κ2) is 46.1. The largest absolute Gasteiger partial charge is 0.462 e. The molecular weight excluding hydrogens is 709 g/mol. The van der Waals surface area contributed by atoms with Gasteiger partial charge in [0.1, 0.15) is 13.2 Å². The number of hydrogen-bond donors (Lipinski definition) is 0. The van der Waals surface area contributed by atoms with E-state index in [9.17, 15) is 14.4 Å². The van der Waals surface area contributed by atoms with E-state index >= 15 is 0 Å². The van der Waals surface area contributed by atoms with Crippen LogP contribution in [-0.2, 0) is 28.6 Å². The molecule has 0 rings (SSSR count). The molecule has 0 bridgehead atoms. The topological polar surface area (TPSA) is 78.9 Å². The van der Waals surface area contributed by atoms with Gasteiger partial charge in [-0.05, 0) is 64.2 Å². The molecular formula is C51H90O6. The lowest BCUT2D eigenvalue weighted by atomic mass is 10.1. The molecule has 1 unspecified atom stereocenters. The molecule has 0 amide bonds. The van der Waals surface area contributed by atoms with Crippen molar-refractivity contribution < 1.29 is 28.6 Å². The Morgan fingerprint density at radius 1 is 0.351 bits per heavy atom. The summed E-state index contributed by atoms with van der Waals surface area (Å²) in [7, 11) is 0. The second-order valence-corrected chi connectivity index (χ2v) is 16.1. The van der Waals surface area contributed by atoms with Crippen LogP contribution in [-0.4, -0.2) is 37.2 Å². The van der Waals surface area contributed by atoms with E-state index in [-0.39, 0.29) is 31.1 Å². The quantitative estimate of drug-likeness (QED) is 0.0265. The van der Waals surface area contributed by atoms with Gasteiger partial charge < -0.3 is 14.2 Å². The minimum atomic E-state index is -0.783. The van der Waals surface area contributed by atoms with E-state index in [0.29, 0.717) is 19.3 Å². The minimum Gasteiger partial charge on any atom is -0.462 e. The third-order valence-corrected chi connectivity index (χ3v) is 10.4. The Balaban J connectivity index is 4.30. The average Bonchev–Trinajstić information content (AvgIpc) is 3.21. The summed E-state index contributed by atoms with van der Waals surface area (Å²) in [6.45, 7) is 6.51. The predicted molar refractivity (Wildman–Crippen MR) is 242 cm³/mol. The smallest absolute Gasteiger partial charge is 0.306 e. The number of ether oxygens (including phenoxy) is 3. The molecule has 0 aromatic rings. The monoisotopic (exact) mass is 799 g/mol. The van der Waals surface area contributed by atoms with Gasteiger partial charge in [-0.3, -0.25) is 14.4 Å². The molecule has 0 aliphatic heterocycles. The summed E-state index contributed by atoms with van der Waals surface area (Å²) in [6, 6.07) is 0. The minimum absolute atomic E-state index is 0.0836. The van der Waals surface area contributed by atoms with Gasteiger partial charge >= 0.3 is 17.9 Å². The zero-order chi connectivity index (χ0) is 41.5. The Bertz CT molecular complexity index is 1010. The number of carbonyl (C=O) groups excluding carboxylic acids is 3. The lowest BCUT2D eigenvalue weighted by molar-refractivity contribution is -0.167. The molecule has 0 spiro atoms. The van der Waals surface area contributed by atoms with Crippen LogP contribution >= 0.6 is 0 Å². The molecule has 0 fully saturated rings. The first kappa shape index (κ1) is 54.4. The van der Waals surface area contributed by atoms with E-state index in [1.807, 2.05) is 0 Å². The van der Waals surface area contributed by atoms with Crippen LogP contribution in [0.15, 0.2) is 48.6 Å². The van der Waals surface area contributed by atoms with E-state index in [1.165, 1.54) is 128 Å². The van der Waals surface area contributed by atoms with Gasteiger partial charge in [0.15, 0.2) is 6.10 Å². The van der Waals surface area contributed by atoms with Crippen LogP contribution in [0.5, 0.6) is 0 Å². The van der Waals surface area contributed by atoms with E-state index in [0.717, 1.165) is 70.6 Å². The molecule has 0 saturated carbocycles. The van der Waals surface area contributed by atoms with E-state index < -0.39 is 6.10 Å². The first-order chi connectivity index (χ1) is 28.0. The average molecular weight is 799 g/mol. The molecule has 6 nitrogen and oxygen atoms in total. The zero-order valence-corrected chi connectivity index (χ0v) is 37.6. The van der Waals surface area contributed by atoms with Crippen molar-refractivity contribution in [2.24, 2.45) is 0 Å². The van der Waals surface area contributed by atoms with E-state index in [1.54, 1.807) is 0 Å². The van der Waals surface area contributed by atoms with Gasteiger partial charge in [-0.15, -0.1) is 0 Å². The Morgan fingerprint density at radius 3 is 1.04 bits per heavy atom.